The Balaban J connectivity index is 1.63. The fraction of sp³-hybridized carbons (Fsp3) is 0.647. The molecule has 1 aromatic rings. The minimum Gasteiger partial charge on any atom is -0.493 e. The van der Waals surface area contributed by atoms with Crippen LogP contribution in [0.2, 0.25) is 0 Å². The zero-order valence-corrected chi connectivity index (χ0v) is 14.7. The van der Waals surface area contributed by atoms with Crippen molar-refractivity contribution in [1.82, 2.24) is 5.32 Å². The third kappa shape index (κ3) is 3.57. The molecule has 1 aromatic carbocycles. The molecule has 2 aliphatic rings. The first-order valence-electron chi connectivity index (χ1n) is 7.93. The van der Waals surface area contributed by atoms with Gasteiger partial charge in [0, 0.05) is 35.4 Å². The molecular formula is C17H23BrClNO. The Morgan fingerprint density at radius 2 is 2.05 bits per heavy atom. The third-order valence-electron chi connectivity index (χ3n) is 4.84. The SMILES string of the molecule is ClCC1(CNCc2cc(Br)cc3c2OCC3)CCCCC1. The molecule has 1 fully saturated rings. The van der Waals surface area contributed by atoms with Gasteiger partial charge >= 0.3 is 0 Å². The molecule has 21 heavy (non-hydrogen) atoms. The maximum Gasteiger partial charge on any atom is 0.127 e. The van der Waals surface area contributed by atoms with E-state index in [0.29, 0.717) is 5.41 Å². The lowest BCUT2D eigenvalue weighted by Crippen LogP contribution is -2.37. The number of ether oxygens (including phenoxy) is 1. The van der Waals surface area contributed by atoms with E-state index < -0.39 is 0 Å². The summed E-state index contributed by atoms with van der Waals surface area (Å²) in [6.45, 7) is 2.68. The number of rotatable bonds is 5. The Hall–Kier alpha value is -0.250. The van der Waals surface area contributed by atoms with Gasteiger partial charge in [-0.1, -0.05) is 35.2 Å². The molecule has 0 saturated heterocycles. The second kappa shape index (κ2) is 6.89. The molecule has 0 amide bonds. The van der Waals surface area contributed by atoms with Gasteiger partial charge in [0.15, 0.2) is 0 Å². The number of alkyl halides is 1. The third-order valence-corrected chi connectivity index (χ3v) is 5.86. The van der Waals surface area contributed by atoms with Gasteiger partial charge < -0.3 is 10.1 Å². The van der Waals surface area contributed by atoms with E-state index in [9.17, 15) is 0 Å². The van der Waals surface area contributed by atoms with Crippen LogP contribution in [0.1, 0.15) is 43.2 Å². The average molecular weight is 373 g/mol. The molecule has 0 spiro atoms. The van der Waals surface area contributed by atoms with Crippen LogP contribution in [0.4, 0.5) is 0 Å². The van der Waals surface area contributed by atoms with Gasteiger partial charge in [0.25, 0.3) is 0 Å². The smallest absolute Gasteiger partial charge is 0.127 e. The topological polar surface area (TPSA) is 21.3 Å². The van der Waals surface area contributed by atoms with Gasteiger partial charge in [0.05, 0.1) is 6.61 Å². The van der Waals surface area contributed by atoms with Crippen molar-refractivity contribution >= 4 is 27.5 Å². The molecular weight excluding hydrogens is 350 g/mol. The van der Waals surface area contributed by atoms with Crippen LogP contribution in [-0.4, -0.2) is 19.0 Å². The van der Waals surface area contributed by atoms with Gasteiger partial charge in [-0.15, -0.1) is 11.6 Å². The van der Waals surface area contributed by atoms with Gasteiger partial charge in [-0.25, -0.2) is 0 Å². The highest BCUT2D eigenvalue weighted by Crippen LogP contribution is 2.37. The monoisotopic (exact) mass is 371 g/mol. The van der Waals surface area contributed by atoms with Crippen molar-refractivity contribution in [2.24, 2.45) is 5.41 Å². The molecule has 1 N–H and O–H groups in total. The Morgan fingerprint density at radius 3 is 2.81 bits per heavy atom. The molecule has 1 saturated carbocycles. The highest BCUT2D eigenvalue weighted by molar-refractivity contribution is 9.10. The summed E-state index contributed by atoms with van der Waals surface area (Å²) in [6, 6.07) is 4.35. The van der Waals surface area contributed by atoms with Crippen LogP contribution >= 0.6 is 27.5 Å². The van der Waals surface area contributed by atoms with Crippen molar-refractivity contribution < 1.29 is 4.74 Å². The van der Waals surface area contributed by atoms with Crippen molar-refractivity contribution in [2.75, 3.05) is 19.0 Å². The summed E-state index contributed by atoms with van der Waals surface area (Å²) in [6.07, 6.45) is 7.56. The van der Waals surface area contributed by atoms with Crippen LogP contribution in [0.3, 0.4) is 0 Å². The van der Waals surface area contributed by atoms with Crippen LogP contribution < -0.4 is 10.1 Å². The van der Waals surface area contributed by atoms with Gasteiger partial charge in [0.2, 0.25) is 0 Å². The lowest BCUT2D eigenvalue weighted by molar-refractivity contribution is 0.211. The standard InChI is InChI=1S/C17H23BrClNO/c18-15-8-13-4-7-21-16(13)14(9-15)10-20-12-17(11-19)5-2-1-3-6-17/h8-9,20H,1-7,10-12H2. The molecule has 4 heteroatoms. The Bertz CT molecular complexity index is 500. The van der Waals surface area contributed by atoms with E-state index in [0.717, 1.165) is 42.2 Å². The highest BCUT2D eigenvalue weighted by atomic mass is 79.9. The largest absolute Gasteiger partial charge is 0.493 e. The summed E-state index contributed by atoms with van der Waals surface area (Å²) in [5.41, 5.74) is 2.89. The predicted molar refractivity (Wildman–Crippen MR) is 91.3 cm³/mol. The van der Waals surface area contributed by atoms with Gasteiger partial charge in [-0.05, 0) is 36.0 Å². The lowest BCUT2D eigenvalue weighted by Gasteiger charge is -2.35. The quantitative estimate of drug-likeness (QED) is 0.759. The second-order valence-electron chi connectivity index (χ2n) is 6.45. The average Bonchev–Trinajstić information content (AvgIpc) is 2.96. The van der Waals surface area contributed by atoms with Crippen LogP contribution in [0, 0.1) is 5.41 Å². The summed E-state index contributed by atoms with van der Waals surface area (Å²) >= 11 is 9.87. The van der Waals surface area contributed by atoms with E-state index in [2.05, 4.69) is 33.4 Å². The molecule has 116 valence electrons. The Kier molecular flexibility index (Phi) is 5.13. The number of nitrogens with one attached hydrogen (secondary N) is 1. The van der Waals surface area contributed by atoms with Crippen LogP contribution in [0.15, 0.2) is 16.6 Å². The first kappa shape index (κ1) is 15.6. The van der Waals surface area contributed by atoms with E-state index in [-0.39, 0.29) is 0 Å². The summed E-state index contributed by atoms with van der Waals surface area (Å²) in [7, 11) is 0. The minimum atomic E-state index is 0.301. The molecule has 0 aromatic heterocycles. The zero-order valence-electron chi connectivity index (χ0n) is 12.4. The van der Waals surface area contributed by atoms with E-state index in [4.69, 9.17) is 16.3 Å². The van der Waals surface area contributed by atoms with Gasteiger partial charge in [-0.2, -0.15) is 0 Å². The second-order valence-corrected chi connectivity index (χ2v) is 7.63. The van der Waals surface area contributed by atoms with Crippen LogP contribution in [-0.2, 0) is 13.0 Å². The number of hydrogen-bond acceptors (Lipinski definition) is 2. The summed E-state index contributed by atoms with van der Waals surface area (Å²) < 4.78 is 6.94. The van der Waals surface area contributed by atoms with E-state index in [1.54, 1.807) is 0 Å². The van der Waals surface area contributed by atoms with E-state index in [1.807, 2.05) is 0 Å². The fourth-order valence-electron chi connectivity index (χ4n) is 3.60. The minimum absolute atomic E-state index is 0.301. The maximum atomic E-state index is 6.27. The van der Waals surface area contributed by atoms with E-state index >= 15 is 0 Å². The van der Waals surface area contributed by atoms with Crippen molar-refractivity contribution in [1.29, 1.82) is 0 Å². The first-order chi connectivity index (χ1) is 10.2. The number of halogens is 2. The van der Waals surface area contributed by atoms with Gasteiger partial charge in [-0.3, -0.25) is 0 Å². The van der Waals surface area contributed by atoms with Crippen LogP contribution in [0.25, 0.3) is 0 Å². The summed E-state index contributed by atoms with van der Waals surface area (Å²) in [4.78, 5) is 0. The number of benzene rings is 1. The first-order valence-corrected chi connectivity index (χ1v) is 9.26. The van der Waals surface area contributed by atoms with Crippen molar-refractivity contribution in [3.8, 4) is 5.75 Å². The number of fused-ring (bicyclic) bond motifs is 1. The maximum absolute atomic E-state index is 6.27. The van der Waals surface area contributed by atoms with Gasteiger partial charge in [0.1, 0.15) is 5.75 Å². The van der Waals surface area contributed by atoms with Crippen molar-refractivity contribution in [3.63, 3.8) is 0 Å². The molecule has 0 unspecified atom stereocenters. The molecule has 1 heterocycles. The summed E-state index contributed by atoms with van der Waals surface area (Å²) in [5, 5.41) is 3.63. The predicted octanol–water partition coefficient (Wildman–Crippen LogP) is 4.66. The molecule has 0 radical (unpaired) electrons. The summed E-state index contributed by atoms with van der Waals surface area (Å²) in [5.74, 6) is 1.86. The molecule has 1 aliphatic heterocycles. The normalized spacial score (nSPS) is 20.1. The Morgan fingerprint density at radius 1 is 1.24 bits per heavy atom. The number of hydrogen-bond donors (Lipinski definition) is 1. The zero-order chi connectivity index (χ0) is 14.7. The lowest BCUT2D eigenvalue weighted by atomic mass is 9.75. The molecule has 0 bridgehead atoms. The van der Waals surface area contributed by atoms with Crippen molar-refractivity contribution in [2.45, 2.75) is 45.1 Å². The van der Waals surface area contributed by atoms with Crippen molar-refractivity contribution in [3.05, 3.63) is 27.7 Å². The van der Waals surface area contributed by atoms with E-state index in [1.165, 1.54) is 43.2 Å². The Labute approximate surface area is 140 Å². The molecule has 0 atom stereocenters. The van der Waals surface area contributed by atoms with Crippen LogP contribution in [0.5, 0.6) is 5.75 Å². The molecule has 3 rings (SSSR count). The fourth-order valence-corrected chi connectivity index (χ4v) is 4.51. The molecule has 2 nitrogen and oxygen atoms in total. The molecule has 1 aliphatic carbocycles. The highest BCUT2D eigenvalue weighted by Gasteiger charge is 2.30.